The van der Waals surface area contributed by atoms with Crippen molar-refractivity contribution in [1.29, 1.82) is 5.26 Å². The third-order valence-corrected chi connectivity index (χ3v) is 6.74. The highest BCUT2D eigenvalue weighted by Gasteiger charge is 2.30. The zero-order valence-corrected chi connectivity index (χ0v) is 18.4. The SMILES string of the molecule is N#CC(=C1SC=C(c2ccc(Cl)cc2)N1c1ccccc1)c1nnc2n1CCCCC2. The number of aryl methyl sites for hydroxylation is 1. The van der Waals surface area contributed by atoms with Crippen LogP contribution >= 0.6 is 23.4 Å². The molecule has 1 aromatic heterocycles. The quantitative estimate of drug-likeness (QED) is 0.456. The van der Waals surface area contributed by atoms with Crippen LogP contribution in [-0.4, -0.2) is 14.8 Å². The molecule has 0 N–H and O–H groups in total. The van der Waals surface area contributed by atoms with Crippen LogP contribution in [0.2, 0.25) is 5.02 Å². The highest BCUT2D eigenvalue weighted by atomic mass is 35.5. The van der Waals surface area contributed by atoms with Crippen LogP contribution in [0.4, 0.5) is 5.69 Å². The van der Waals surface area contributed by atoms with Gasteiger partial charge >= 0.3 is 0 Å². The fraction of sp³-hybridized carbons (Fsp3) is 0.208. The lowest BCUT2D eigenvalue weighted by Gasteiger charge is -2.25. The molecule has 5 rings (SSSR count). The van der Waals surface area contributed by atoms with Gasteiger partial charge in [0.2, 0.25) is 0 Å². The first kappa shape index (κ1) is 19.9. The van der Waals surface area contributed by atoms with Gasteiger partial charge in [-0.2, -0.15) is 5.26 Å². The highest BCUT2D eigenvalue weighted by Crippen LogP contribution is 2.46. The molecule has 2 aliphatic heterocycles. The van der Waals surface area contributed by atoms with Gasteiger partial charge in [-0.05, 0) is 42.7 Å². The molecule has 0 radical (unpaired) electrons. The van der Waals surface area contributed by atoms with Crippen LogP contribution in [0.15, 0.2) is 65.0 Å². The van der Waals surface area contributed by atoms with Crippen molar-refractivity contribution in [2.75, 3.05) is 4.90 Å². The lowest BCUT2D eigenvalue weighted by Crippen LogP contribution is -2.18. The van der Waals surface area contributed by atoms with Crippen LogP contribution in [0.3, 0.4) is 0 Å². The second-order valence-electron chi connectivity index (χ2n) is 7.49. The van der Waals surface area contributed by atoms with Crippen LogP contribution in [0.1, 0.15) is 36.5 Å². The van der Waals surface area contributed by atoms with Crippen molar-refractivity contribution in [2.24, 2.45) is 0 Å². The number of benzene rings is 2. The topological polar surface area (TPSA) is 57.7 Å². The van der Waals surface area contributed by atoms with Crippen molar-refractivity contribution in [3.8, 4) is 6.07 Å². The molecule has 0 atom stereocenters. The molecule has 5 nitrogen and oxygen atoms in total. The number of nitriles is 1. The Morgan fingerprint density at radius 2 is 1.81 bits per heavy atom. The Morgan fingerprint density at radius 3 is 2.58 bits per heavy atom. The van der Waals surface area contributed by atoms with E-state index in [2.05, 4.69) is 43.3 Å². The lowest BCUT2D eigenvalue weighted by molar-refractivity contribution is 0.627. The summed E-state index contributed by atoms with van der Waals surface area (Å²) in [6.07, 6.45) is 4.28. The second kappa shape index (κ2) is 8.62. The zero-order valence-electron chi connectivity index (χ0n) is 16.8. The van der Waals surface area contributed by atoms with Crippen LogP contribution < -0.4 is 4.90 Å². The van der Waals surface area contributed by atoms with Crippen molar-refractivity contribution < 1.29 is 0 Å². The first-order valence-electron chi connectivity index (χ1n) is 10.3. The minimum atomic E-state index is 0.551. The molecule has 31 heavy (non-hydrogen) atoms. The summed E-state index contributed by atoms with van der Waals surface area (Å²) in [5.74, 6) is 1.63. The number of allylic oxidation sites excluding steroid dienone is 1. The van der Waals surface area contributed by atoms with Crippen molar-refractivity contribution in [1.82, 2.24) is 14.8 Å². The largest absolute Gasteiger partial charge is 0.310 e. The number of para-hydroxylation sites is 1. The maximum atomic E-state index is 10.2. The van der Waals surface area contributed by atoms with Gasteiger partial charge in [0, 0.05) is 29.1 Å². The third-order valence-electron chi connectivity index (χ3n) is 5.54. The van der Waals surface area contributed by atoms with Crippen molar-refractivity contribution in [3.63, 3.8) is 0 Å². The molecule has 0 fully saturated rings. The van der Waals surface area contributed by atoms with Crippen molar-refractivity contribution in [3.05, 3.63) is 87.3 Å². The Kier molecular flexibility index (Phi) is 5.54. The van der Waals surface area contributed by atoms with Crippen molar-refractivity contribution in [2.45, 2.75) is 32.2 Å². The number of fused-ring (bicyclic) bond motifs is 1. The molecule has 2 aliphatic rings. The standard InChI is InChI=1S/C24H20ClN5S/c25-18-12-10-17(11-13-18)21-16-31-24(30(21)19-7-3-1-4-8-19)20(15-26)23-28-27-22-9-5-2-6-14-29(22)23/h1,3-4,7-8,10-13,16H,2,5-6,9,14H2. The minimum absolute atomic E-state index is 0.551. The summed E-state index contributed by atoms with van der Waals surface area (Å²) in [6, 6.07) is 20.3. The molecule has 7 heteroatoms. The van der Waals surface area contributed by atoms with Crippen LogP contribution in [0.5, 0.6) is 0 Å². The van der Waals surface area contributed by atoms with Gasteiger partial charge in [-0.25, -0.2) is 0 Å². The molecule has 3 heterocycles. The van der Waals surface area contributed by atoms with Gasteiger partial charge in [0.05, 0.1) is 5.70 Å². The van der Waals surface area contributed by atoms with E-state index >= 15 is 0 Å². The number of hydrogen-bond acceptors (Lipinski definition) is 5. The Balaban J connectivity index is 1.65. The number of nitrogens with zero attached hydrogens (tertiary/aromatic N) is 5. The van der Waals surface area contributed by atoms with Crippen LogP contribution in [-0.2, 0) is 13.0 Å². The third kappa shape index (κ3) is 3.76. The van der Waals surface area contributed by atoms with Gasteiger partial charge in [-0.3, -0.25) is 0 Å². The molecule has 0 unspecified atom stereocenters. The average Bonchev–Trinajstić information content (AvgIpc) is 3.33. The highest BCUT2D eigenvalue weighted by molar-refractivity contribution is 8.06. The molecule has 0 bridgehead atoms. The molecular weight excluding hydrogens is 426 g/mol. The Hall–Kier alpha value is -3.01. The maximum Gasteiger partial charge on any atom is 0.177 e. The Bertz CT molecular complexity index is 1210. The fourth-order valence-corrected chi connectivity index (χ4v) is 5.17. The maximum absolute atomic E-state index is 10.2. The van der Waals surface area contributed by atoms with Gasteiger partial charge < -0.3 is 9.47 Å². The smallest absolute Gasteiger partial charge is 0.177 e. The second-order valence-corrected chi connectivity index (χ2v) is 8.79. The average molecular weight is 446 g/mol. The zero-order chi connectivity index (χ0) is 21.2. The molecule has 0 spiro atoms. The number of hydrogen-bond donors (Lipinski definition) is 0. The summed E-state index contributed by atoms with van der Waals surface area (Å²) in [7, 11) is 0. The van der Waals surface area contributed by atoms with Crippen LogP contribution in [0.25, 0.3) is 11.3 Å². The lowest BCUT2D eigenvalue weighted by atomic mass is 10.1. The number of aromatic nitrogens is 3. The molecule has 0 amide bonds. The van der Waals surface area contributed by atoms with E-state index in [4.69, 9.17) is 11.6 Å². The van der Waals surface area contributed by atoms with E-state index < -0.39 is 0 Å². The summed E-state index contributed by atoms with van der Waals surface area (Å²) in [5.41, 5.74) is 3.58. The molecule has 3 aromatic rings. The predicted octanol–water partition coefficient (Wildman–Crippen LogP) is 6.10. The molecule has 0 saturated heterocycles. The number of anilines is 1. The van der Waals surface area contributed by atoms with Crippen molar-refractivity contribution >= 4 is 40.3 Å². The number of thioether (sulfide) groups is 1. The monoisotopic (exact) mass is 445 g/mol. The Labute approximate surface area is 190 Å². The van der Waals surface area contributed by atoms with E-state index in [1.165, 1.54) is 6.42 Å². The summed E-state index contributed by atoms with van der Waals surface area (Å²) in [6.45, 7) is 0.851. The fourth-order valence-electron chi connectivity index (χ4n) is 4.01. The van der Waals surface area contributed by atoms with E-state index in [1.807, 2.05) is 42.5 Å². The molecule has 2 aromatic carbocycles. The van der Waals surface area contributed by atoms with E-state index in [0.717, 1.165) is 53.6 Å². The van der Waals surface area contributed by atoms with Crippen LogP contribution in [0, 0.1) is 11.3 Å². The molecule has 0 aliphatic carbocycles. The molecular formula is C24H20ClN5S. The summed E-state index contributed by atoms with van der Waals surface area (Å²) in [5, 5.41) is 22.7. The normalized spacial score (nSPS) is 17.5. The van der Waals surface area contributed by atoms with E-state index in [1.54, 1.807) is 11.8 Å². The first-order valence-corrected chi connectivity index (χ1v) is 11.6. The van der Waals surface area contributed by atoms with Gasteiger partial charge in [-0.15, -0.1) is 10.2 Å². The first-order chi connectivity index (χ1) is 15.3. The van der Waals surface area contributed by atoms with Gasteiger partial charge in [0.1, 0.15) is 22.5 Å². The van der Waals surface area contributed by atoms with E-state index in [0.29, 0.717) is 16.4 Å². The minimum Gasteiger partial charge on any atom is -0.310 e. The number of rotatable bonds is 3. The Morgan fingerprint density at radius 1 is 1.00 bits per heavy atom. The number of halogens is 1. The van der Waals surface area contributed by atoms with E-state index in [9.17, 15) is 5.26 Å². The predicted molar refractivity (Wildman–Crippen MR) is 126 cm³/mol. The van der Waals surface area contributed by atoms with Gasteiger partial charge in [0.15, 0.2) is 5.82 Å². The summed E-state index contributed by atoms with van der Waals surface area (Å²) < 4.78 is 2.13. The summed E-state index contributed by atoms with van der Waals surface area (Å²) >= 11 is 7.66. The molecule has 154 valence electrons. The van der Waals surface area contributed by atoms with E-state index in [-0.39, 0.29) is 0 Å². The van der Waals surface area contributed by atoms with Gasteiger partial charge in [0.25, 0.3) is 0 Å². The van der Waals surface area contributed by atoms with Gasteiger partial charge in [-0.1, -0.05) is 60.1 Å². The summed E-state index contributed by atoms with van der Waals surface area (Å²) in [4.78, 5) is 2.13. The molecule has 0 saturated carbocycles.